The van der Waals surface area contributed by atoms with Gasteiger partial charge in [0, 0.05) is 13.1 Å². The molecule has 130 valence electrons. The number of benzene rings is 1. The fourth-order valence-electron chi connectivity index (χ4n) is 4.48. The Balaban J connectivity index is 1.89. The highest BCUT2D eigenvalue weighted by Gasteiger charge is 2.55. The maximum Gasteiger partial charge on any atom is 0.238 e. The van der Waals surface area contributed by atoms with Gasteiger partial charge in [0.05, 0.1) is 0 Å². The molecule has 1 aromatic rings. The van der Waals surface area contributed by atoms with E-state index in [-0.39, 0.29) is 11.3 Å². The highest BCUT2D eigenvalue weighted by Crippen LogP contribution is 2.50. The number of carbonyl (C=O) groups excluding carboxylic acids is 2. The number of nitrogens with two attached hydrogens (primary N) is 1. The smallest absolute Gasteiger partial charge is 0.238 e. The molecule has 1 aliphatic heterocycles. The lowest BCUT2D eigenvalue weighted by Gasteiger charge is -2.48. The van der Waals surface area contributed by atoms with Crippen molar-refractivity contribution in [2.75, 3.05) is 6.54 Å². The van der Waals surface area contributed by atoms with Gasteiger partial charge in [-0.05, 0) is 42.7 Å². The summed E-state index contributed by atoms with van der Waals surface area (Å²) in [5.41, 5.74) is 6.81. The van der Waals surface area contributed by atoms with Crippen LogP contribution in [0.4, 0.5) is 0 Å². The summed E-state index contributed by atoms with van der Waals surface area (Å²) in [7, 11) is 0. The number of hydrogen-bond acceptors (Lipinski definition) is 2. The molecule has 0 spiro atoms. The summed E-state index contributed by atoms with van der Waals surface area (Å²) in [6.45, 7) is 5.10. The summed E-state index contributed by atoms with van der Waals surface area (Å²) in [6.07, 6.45) is 5.93. The third kappa shape index (κ3) is 2.62. The Morgan fingerprint density at radius 3 is 2.38 bits per heavy atom. The normalized spacial score (nSPS) is 22.3. The molecule has 1 saturated carbocycles. The molecule has 1 aromatic carbocycles. The molecule has 3 rings (SSSR count). The highest BCUT2D eigenvalue weighted by atomic mass is 16.2. The van der Waals surface area contributed by atoms with Gasteiger partial charge >= 0.3 is 0 Å². The molecule has 1 atom stereocenters. The summed E-state index contributed by atoms with van der Waals surface area (Å²) in [5, 5.41) is 0. The Labute approximate surface area is 144 Å². The van der Waals surface area contributed by atoms with Gasteiger partial charge < -0.3 is 10.6 Å². The maximum absolute atomic E-state index is 13.4. The number of fused-ring (bicyclic) bond motifs is 1. The van der Waals surface area contributed by atoms with E-state index in [2.05, 4.69) is 19.1 Å². The quantitative estimate of drug-likeness (QED) is 0.867. The molecule has 0 radical (unpaired) electrons. The molecule has 1 heterocycles. The zero-order valence-corrected chi connectivity index (χ0v) is 14.8. The van der Waals surface area contributed by atoms with Gasteiger partial charge in [0.25, 0.3) is 0 Å². The van der Waals surface area contributed by atoms with E-state index >= 15 is 0 Å². The first kappa shape index (κ1) is 17.0. The van der Waals surface area contributed by atoms with Crippen LogP contribution in [0, 0.1) is 10.8 Å². The van der Waals surface area contributed by atoms with E-state index in [0.29, 0.717) is 13.1 Å². The largest absolute Gasteiger partial charge is 0.369 e. The topological polar surface area (TPSA) is 63.4 Å². The second-order valence-electron chi connectivity index (χ2n) is 7.86. The third-order valence-electron chi connectivity index (χ3n) is 6.50. The summed E-state index contributed by atoms with van der Waals surface area (Å²) in [5.74, 6) is -0.565. The number of amides is 2. The van der Waals surface area contributed by atoms with Crippen LogP contribution in [0.1, 0.15) is 57.1 Å². The number of carbonyl (C=O) groups is 2. The average Bonchev–Trinajstić information content (AvgIpc) is 2.60. The van der Waals surface area contributed by atoms with Crippen molar-refractivity contribution in [1.82, 2.24) is 4.90 Å². The molecule has 2 amide bonds. The molecular formula is C20H28N2O2. The van der Waals surface area contributed by atoms with Gasteiger partial charge in [0.1, 0.15) is 5.41 Å². The van der Waals surface area contributed by atoms with Gasteiger partial charge in [0.2, 0.25) is 11.8 Å². The Hall–Kier alpha value is -1.84. The van der Waals surface area contributed by atoms with Crippen LogP contribution in [0.2, 0.25) is 0 Å². The average molecular weight is 328 g/mol. The Morgan fingerprint density at radius 2 is 1.75 bits per heavy atom. The molecule has 24 heavy (non-hydrogen) atoms. The first-order valence-electron chi connectivity index (χ1n) is 9.04. The van der Waals surface area contributed by atoms with Crippen molar-refractivity contribution < 1.29 is 9.59 Å². The lowest BCUT2D eigenvalue weighted by Crippen LogP contribution is -2.58. The molecule has 1 aliphatic carbocycles. The third-order valence-corrected chi connectivity index (χ3v) is 6.50. The maximum atomic E-state index is 13.4. The standard InChI is InChI=1S/C20H28N2O2/c1-19(11-6-3-7-12-19)20(2,17(21)23)18(24)22-13-10-15-8-4-5-9-16(15)14-22/h4-5,8-9H,3,6-7,10-14H2,1-2H3,(H2,21,23). The van der Waals surface area contributed by atoms with Crippen molar-refractivity contribution in [1.29, 1.82) is 0 Å². The first-order valence-corrected chi connectivity index (χ1v) is 9.04. The Morgan fingerprint density at radius 1 is 1.12 bits per heavy atom. The van der Waals surface area contributed by atoms with E-state index < -0.39 is 11.3 Å². The van der Waals surface area contributed by atoms with Crippen LogP contribution >= 0.6 is 0 Å². The van der Waals surface area contributed by atoms with E-state index in [1.165, 1.54) is 17.5 Å². The number of rotatable bonds is 3. The molecule has 1 unspecified atom stereocenters. The van der Waals surface area contributed by atoms with Crippen molar-refractivity contribution in [2.45, 2.75) is 58.9 Å². The van der Waals surface area contributed by atoms with Gasteiger partial charge in [0.15, 0.2) is 0 Å². The first-order chi connectivity index (χ1) is 11.4. The molecular weight excluding hydrogens is 300 g/mol. The lowest BCUT2D eigenvalue weighted by atomic mass is 9.57. The van der Waals surface area contributed by atoms with E-state index in [9.17, 15) is 9.59 Å². The molecule has 4 nitrogen and oxygen atoms in total. The fourth-order valence-corrected chi connectivity index (χ4v) is 4.48. The van der Waals surface area contributed by atoms with Crippen LogP contribution in [-0.2, 0) is 22.6 Å². The van der Waals surface area contributed by atoms with E-state index in [1.54, 1.807) is 6.92 Å². The van der Waals surface area contributed by atoms with Crippen LogP contribution in [0.3, 0.4) is 0 Å². The van der Waals surface area contributed by atoms with Crippen molar-refractivity contribution in [3.63, 3.8) is 0 Å². The lowest BCUT2D eigenvalue weighted by molar-refractivity contribution is -0.160. The summed E-state index contributed by atoms with van der Waals surface area (Å²) >= 11 is 0. The second kappa shape index (κ2) is 6.23. The van der Waals surface area contributed by atoms with Crippen LogP contribution < -0.4 is 5.73 Å². The predicted octanol–water partition coefficient (Wildman–Crippen LogP) is 3.03. The molecule has 4 heteroatoms. The SMILES string of the molecule is CC1(C(C)(C(N)=O)C(=O)N2CCc3ccccc3C2)CCCCC1. The van der Waals surface area contributed by atoms with Crippen LogP contribution in [0.15, 0.2) is 24.3 Å². The molecule has 0 aromatic heterocycles. The number of nitrogens with zero attached hydrogens (tertiary/aromatic N) is 1. The zero-order chi connectivity index (χ0) is 17.4. The Bertz CT molecular complexity index is 649. The number of primary amides is 1. The van der Waals surface area contributed by atoms with E-state index in [4.69, 9.17) is 5.73 Å². The summed E-state index contributed by atoms with van der Waals surface area (Å²) < 4.78 is 0. The van der Waals surface area contributed by atoms with Crippen LogP contribution in [0.5, 0.6) is 0 Å². The van der Waals surface area contributed by atoms with Crippen molar-refractivity contribution in [3.8, 4) is 0 Å². The van der Waals surface area contributed by atoms with E-state index in [0.717, 1.165) is 32.1 Å². The van der Waals surface area contributed by atoms with Gasteiger partial charge in [-0.15, -0.1) is 0 Å². The molecule has 1 fully saturated rings. The van der Waals surface area contributed by atoms with Gasteiger partial charge in [-0.2, -0.15) is 0 Å². The molecule has 0 bridgehead atoms. The summed E-state index contributed by atoms with van der Waals surface area (Å²) in [4.78, 5) is 27.7. The predicted molar refractivity (Wildman–Crippen MR) is 94.1 cm³/mol. The fraction of sp³-hybridized carbons (Fsp3) is 0.600. The highest BCUT2D eigenvalue weighted by molar-refractivity contribution is 6.05. The van der Waals surface area contributed by atoms with Gasteiger partial charge in [-0.1, -0.05) is 50.5 Å². The van der Waals surface area contributed by atoms with Crippen molar-refractivity contribution in [2.24, 2.45) is 16.6 Å². The molecule has 2 N–H and O–H groups in total. The van der Waals surface area contributed by atoms with Gasteiger partial charge in [-0.3, -0.25) is 9.59 Å². The molecule has 2 aliphatic rings. The van der Waals surface area contributed by atoms with Crippen LogP contribution in [0.25, 0.3) is 0 Å². The van der Waals surface area contributed by atoms with Crippen LogP contribution in [-0.4, -0.2) is 23.3 Å². The van der Waals surface area contributed by atoms with E-state index in [1.807, 2.05) is 17.0 Å². The summed E-state index contributed by atoms with van der Waals surface area (Å²) in [6, 6.07) is 8.22. The minimum Gasteiger partial charge on any atom is -0.369 e. The monoisotopic (exact) mass is 328 g/mol. The van der Waals surface area contributed by atoms with Gasteiger partial charge in [-0.25, -0.2) is 0 Å². The van der Waals surface area contributed by atoms with Crippen molar-refractivity contribution in [3.05, 3.63) is 35.4 Å². The number of hydrogen-bond donors (Lipinski definition) is 1. The second-order valence-corrected chi connectivity index (χ2v) is 7.86. The van der Waals surface area contributed by atoms with Crippen molar-refractivity contribution >= 4 is 11.8 Å². The minimum absolute atomic E-state index is 0.0890. The minimum atomic E-state index is -1.13. The molecule has 0 saturated heterocycles. The Kier molecular flexibility index (Phi) is 4.41. The zero-order valence-electron chi connectivity index (χ0n) is 14.8.